The molecular formula is C16H12ClFN2O2. The summed E-state index contributed by atoms with van der Waals surface area (Å²) in [6.45, 7) is 0. The van der Waals surface area contributed by atoms with Crippen molar-refractivity contribution in [3.63, 3.8) is 0 Å². The highest BCUT2D eigenvalue weighted by molar-refractivity contribution is 6.31. The number of nitrogens with one attached hydrogen (secondary N) is 1. The van der Waals surface area contributed by atoms with Crippen LogP contribution in [0.1, 0.15) is 6.42 Å². The zero-order valence-electron chi connectivity index (χ0n) is 11.4. The number of nitrogens with zero attached hydrogens (tertiary/aromatic N) is 1. The predicted molar refractivity (Wildman–Crippen MR) is 82.4 cm³/mol. The molecule has 2 amide bonds. The first-order chi connectivity index (χ1) is 10.6. The van der Waals surface area contributed by atoms with Crippen molar-refractivity contribution in [3.8, 4) is 0 Å². The van der Waals surface area contributed by atoms with E-state index in [1.165, 1.54) is 12.1 Å². The molecule has 0 spiro atoms. The predicted octanol–water partition coefficient (Wildman–Crippen LogP) is 3.22. The third-order valence-electron chi connectivity index (χ3n) is 3.42. The molecule has 1 atom stereocenters. The molecule has 0 saturated carbocycles. The first-order valence-corrected chi connectivity index (χ1v) is 7.07. The fraction of sp³-hybridized carbons (Fsp3) is 0.125. The minimum Gasteiger partial charge on any atom is -0.373 e. The molecule has 0 bridgehead atoms. The minimum atomic E-state index is -0.640. The Bertz CT molecular complexity index is 736. The van der Waals surface area contributed by atoms with Crippen molar-refractivity contribution in [3.05, 3.63) is 59.4 Å². The third-order valence-corrected chi connectivity index (χ3v) is 3.71. The molecule has 1 fully saturated rings. The number of benzene rings is 2. The van der Waals surface area contributed by atoms with Crippen LogP contribution in [-0.4, -0.2) is 17.9 Å². The number of amides is 2. The summed E-state index contributed by atoms with van der Waals surface area (Å²) in [6.07, 6.45) is 0.0444. The van der Waals surface area contributed by atoms with E-state index in [9.17, 15) is 14.0 Å². The van der Waals surface area contributed by atoms with Gasteiger partial charge in [-0.25, -0.2) is 9.29 Å². The van der Waals surface area contributed by atoms with Gasteiger partial charge in [-0.2, -0.15) is 0 Å². The molecule has 0 aliphatic carbocycles. The van der Waals surface area contributed by atoms with Crippen LogP contribution in [0.25, 0.3) is 0 Å². The molecule has 1 saturated heterocycles. The Morgan fingerprint density at radius 3 is 2.55 bits per heavy atom. The first-order valence-electron chi connectivity index (χ1n) is 6.69. The van der Waals surface area contributed by atoms with Crippen molar-refractivity contribution < 1.29 is 14.0 Å². The van der Waals surface area contributed by atoms with Crippen molar-refractivity contribution in [1.82, 2.24) is 0 Å². The van der Waals surface area contributed by atoms with Crippen LogP contribution >= 0.6 is 11.6 Å². The molecule has 0 unspecified atom stereocenters. The zero-order valence-corrected chi connectivity index (χ0v) is 12.2. The quantitative estimate of drug-likeness (QED) is 0.884. The lowest BCUT2D eigenvalue weighted by Gasteiger charge is -2.16. The van der Waals surface area contributed by atoms with Crippen molar-refractivity contribution in [2.24, 2.45) is 0 Å². The maximum Gasteiger partial charge on any atom is 0.256 e. The molecule has 22 heavy (non-hydrogen) atoms. The van der Waals surface area contributed by atoms with Gasteiger partial charge >= 0.3 is 0 Å². The van der Waals surface area contributed by atoms with Crippen LogP contribution in [0.2, 0.25) is 5.02 Å². The van der Waals surface area contributed by atoms with Gasteiger partial charge in [0.25, 0.3) is 5.91 Å². The van der Waals surface area contributed by atoms with Gasteiger partial charge in [0.05, 0.1) is 17.1 Å². The van der Waals surface area contributed by atoms with E-state index in [-0.39, 0.29) is 28.9 Å². The lowest BCUT2D eigenvalue weighted by molar-refractivity contribution is -0.121. The number of rotatable bonds is 3. The monoisotopic (exact) mass is 318 g/mol. The lowest BCUT2D eigenvalue weighted by Crippen LogP contribution is -2.34. The summed E-state index contributed by atoms with van der Waals surface area (Å²) >= 11 is 5.71. The molecule has 2 aromatic carbocycles. The van der Waals surface area contributed by atoms with Gasteiger partial charge in [-0.3, -0.25) is 9.59 Å². The zero-order chi connectivity index (χ0) is 15.7. The molecule has 1 N–H and O–H groups in total. The highest BCUT2D eigenvalue weighted by Crippen LogP contribution is 2.28. The van der Waals surface area contributed by atoms with Crippen LogP contribution in [0, 0.1) is 5.82 Å². The van der Waals surface area contributed by atoms with Crippen LogP contribution in [0.3, 0.4) is 0 Å². The normalized spacial score (nSPS) is 17.9. The van der Waals surface area contributed by atoms with Gasteiger partial charge in [0.2, 0.25) is 5.91 Å². The number of hydrogen-bond donors (Lipinski definition) is 1. The van der Waals surface area contributed by atoms with E-state index in [4.69, 9.17) is 11.6 Å². The Kier molecular flexibility index (Phi) is 3.81. The summed E-state index contributed by atoms with van der Waals surface area (Å²) in [6, 6.07) is 12.3. The Labute approximate surface area is 131 Å². The Balaban J connectivity index is 1.83. The Hall–Kier alpha value is -2.40. The maximum absolute atomic E-state index is 13.2. The van der Waals surface area contributed by atoms with Gasteiger partial charge in [-0.15, -0.1) is 0 Å². The number of carbonyl (C=O) groups is 2. The summed E-state index contributed by atoms with van der Waals surface area (Å²) in [5.74, 6) is -1.32. The second-order valence-corrected chi connectivity index (χ2v) is 5.34. The van der Waals surface area contributed by atoms with E-state index in [1.807, 2.05) is 30.3 Å². The highest BCUT2D eigenvalue weighted by atomic mass is 35.5. The van der Waals surface area contributed by atoms with Crippen LogP contribution < -0.4 is 10.2 Å². The van der Waals surface area contributed by atoms with Crippen LogP contribution in [0.4, 0.5) is 15.8 Å². The SMILES string of the molecule is O=C1C[C@@H](Nc2ccccc2)C(=O)N1c1ccc(F)c(Cl)c1. The smallest absolute Gasteiger partial charge is 0.256 e. The molecule has 1 aliphatic rings. The molecule has 3 rings (SSSR count). The molecule has 0 aromatic heterocycles. The van der Waals surface area contributed by atoms with Gasteiger partial charge in [0.15, 0.2) is 0 Å². The van der Waals surface area contributed by atoms with Gasteiger partial charge in [-0.05, 0) is 30.3 Å². The van der Waals surface area contributed by atoms with Gasteiger partial charge < -0.3 is 5.32 Å². The van der Waals surface area contributed by atoms with Crippen molar-refractivity contribution in [2.75, 3.05) is 10.2 Å². The van der Waals surface area contributed by atoms with Crippen LogP contribution in [0.5, 0.6) is 0 Å². The third kappa shape index (κ3) is 2.67. The highest BCUT2D eigenvalue weighted by Gasteiger charge is 2.39. The lowest BCUT2D eigenvalue weighted by atomic mass is 10.2. The molecule has 2 aromatic rings. The second kappa shape index (κ2) is 5.77. The summed E-state index contributed by atoms with van der Waals surface area (Å²) < 4.78 is 13.2. The number of para-hydroxylation sites is 1. The standard InChI is InChI=1S/C16H12ClFN2O2/c17-12-8-11(6-7-13(12)18)20-15(21)9-14(16(20)22)19-10-4-2-1-3-5-10/h1-8,14,19H,9H2/t14-/m1/s1. The van der Waals surface area contributed by atoms with Crippen molar-refractivity contribution in [2.45, 2.75) is 12.5 Å². The summed E-state index contributed by atoms with van der Waals surface area (Å²) in [5.41, 5.74) is 1.03. The molecule has 1 heterocycles. The van der Waals surface area contributed by atoms with Gasteiger partial charge in [0, 0.05) is 5.69 Å². The molecule has 6 heteroatoms. The van der Waals surface area contributed by atoms with E-state index >= 15 is 0 Å². The fourth-order valence-electron chi connectivity index (χ4n) is 2.38. The Morgan fingerprint density at radius 2 is 1.86 bits per heavy atom. The summed E-state index contributed by atoms with van der Waals surface area (Å²) in [7, 11) is 0. The van der Waals surface area contributed by atoms with E-state index in [0.29, 0.717) is 0 Å². The van der Waals surface area contributed by atoms with Gasteiger partial charge in [-0.1, -0.05) is 29.8 Å². The van der Waals surface area contributed by atoms with Crippen LogP contribution in [0.15, 0.2) is 48.5 Å². The topological polar surface area (TPSA) is 49.4 Å². The average Bonchev–Trinajstić information content (AvgIpc) is 2.78. The molecular weight excluding hydrogens is 307 g/mol. The van der Waals surface area contributed by atoms with Crippen molar-refractivity contribution in [1.29, 1.82) is 0 Å². The van der Waals surface area contributed by atoms with E-state index in [2.05, 4.69) is 5.32 Å². The number of carbonyl (C=O) groups excluding carboxylic acids is 2. The molecule has 0 radical (unpaired) electrons. The number of imide groups is 1. The molecule has 1 aliphatic heterocycles. The largest absolute Gasteiger partial charge is 0.373 e. The summed E-state index contributed by atoms with van der Waals surface area (Å²) in [4.78, 5) is 25.6. The molecule has 4 nitrogen and oxygen atoms in total. The molecule has 112 valence electrons. The maximum atomic E-state index is 13.2. The number of halogens is 2. The van der Waals surface area contributed by atoms with Crippen molar-refractivity contribution >= 4 is 34.8 Å². The fourth-order valence-corrected chi connectivity index (χ4v) is 2.55. The minimum absolute atomic E-state index is 0.0444. The van der Waals surface area contributed by atoms with Crippen LogP contribution in [-0.2, 0) is 9.59 Å². The number of hydrogen-bond acceptors (Lipinski definition) is 3. The van der Waals surface area contributed by atoms with Gasteiger partial charge in [0.1, 0.15) is 11.9 Å². The Morgan fingerprint density at radius 1 is 1.14 bits per heavy atom. The van der Waals surface area contributed by atoms with E-state index < -0.39 is 11.9 Å². The summed E-state index contributed by atoms with van der Waals surface area (Å²) in [5, 5.41) is 2.90. The number of anilines is 2. The first kappa shape index (κ1) is 14.5. The van der Waals surface area contributed by atoms with E-state index in [0.717, 1.165) is 16.7 Å². The average molecular weight is 319 g/mol. The second-order valence-electron chi connectivity index (χ2n) is 4.93. The van der Waals surface area contributed by atoms with E-state index in [1.54, 1.807) is 0 Å².